The smallest absolute Gasteiger partial charge is 0.289 e. The number of nitrogens with zero attached hydrogens (tertiary/aromatic N) is 4. The van der Waals surface area contributed by atoms with Crippen molar-refractivity contribution < 1.29 is 18.4 Å². The molecule has 0 N–H and O–H groups in total. The summed E-state index contributed by atoms with van der Waals surface area (Å²) in [4.78, 5) is 35.6. The Morgan fingerprint density at radius 2 is 1.74 bits per heavy atom. The van der Waals surface area contributed by atoms with Gasteiger partial charge in [-0.2, -0.15) is 0 Å². The Kier molecular flexibility index (Phi) is 5.35. The molecule has 0 saturated carbocycles. The number of para-hydroxylation sites is 1. The van der Waals surface area contributed by atoms with Gasteiger partial charge in [-0.15, -0.1) is 0 Å². The van der Waals surface area contributed by atoms with Crippen molar-refractivity contribution in [3.63, 3.8) is 0 Å². The van der Waals surface area contributed by atoms with Crippen LogP contribution in [0.2, 0.25) is 0 Å². The predicted molar refractivity (Wildman–Crippen MR) is 116 cm³/mol. The molecular weight excluding hydrogens is 419 g/mol. The van der Waals surface area contributed by atoms with Gasteiger partial charge in [-0.25, -0.2) is 9.37 Å². The lowest BCUT2D eigenvalue weighted by Gasteiger charge is -2.38. The quantitative estimate of drug-likeness (QED) is 0.623. The fraction of sp³-hybridized carbons (Fsp3) is 0.409. The molecule has 2 aromatic heterocycles. The SMILES string of the molecule is O=C(c1ccco1)N1CCN(C(=O)C2CCN(c3nc4c(F)cccc4s3)CC2)CC1. The number of amides is 2. The van der Waals surface area contributed by atoms with Gasteiger partial charge < -0.3 is 19.1 Å². The van der Waals surface area contributed by atoms with Crippen LogP contribution in [-0.2, 0) is 4.79 Å². The monoisotopic (exact) mass is 442 g/mol. The van der Waals surface area contributed by atoms with Gasteiger partial charge in [0.2, 0.25) is 5.91 Å². The third kappa shape index (κ3) is 3.89. The Morgan fingerprint density at radius 1 is 1.00 bits per heavy atom. The first kappa shape index (κ1) is 20.0. The van der Waals surface area contributed by atoms with Crippen LogP contribution in [-0.4, -0.2) is 65.9 Å². The molecule has 4 heterocycles. The van der Waals surface area contributed by atoms with Crippen molar-refractivity contribution in [2.75, 3.05) is 44.2 Å². The van der Waals surface area contributed by atoms with E-state index in [4.69, 9.17) is 4.42 Å². The number of aromatic nitrogens is 1. The predicted octanol–water partition coefficient (Wildman–Crippen LogP) is 3.23. The van der Waals surface area contributed by atoms with Crippen LogP contribution >= 0.6 is 11.3 Å². The molecule has 0 aliphatic carbocycles. The molecule has 2 aliphatic rings. The van der Waals surface area contributed by atoms with Crippen LogP contribution in [0.15, 0.2) is 41.0 Å². The van der Waals surface area contributed by atoms with Gasteiger partial charge in [0.05, 0.1) is 11.0 Å². The standard InChI is InChI=1S/C22H23FN4O3S/c23-16-3-1-5-18-19(16)24-22(31-18)27-8-6-15(7-9-27)20(28)25-10-12-26(13-11-25)21(29)17-4-2-14-30-17/h1-5,14-15H,6-13H2. The van der Waals surface area contributed by atoms with Crippen LogP contribution in [0.3, 0.4) is 0 Å². The number of hydrogen-bond acceptors (Lipinski definition) is 6. The Balaban J connectivity index is 1.15. The maximum Gasteiger partial charge on any atom is 0.289 e. The van der Waals surface area contributed by atoms with Crippen molar-refractivity contribution in [2.24, 2.45) is 5.92 Å². The fourth-order valence-electron chi connectivity index (χ4n) is 4.30. The van der Waals surface area contributed by atoms with Gasteiger partial charge >= 0.3 is 0 Å². The second-order valence-electron chi connectivity index (χ2n) is 7.94. The largest absolute Gasteiger partial charge is 0.459 e. The van der Waals surface area contributed by atoms with E-state index < -0.39 is 0 Å². The Labute approximate surface area is 183 Å². The minimum absolute atomic E-state index is 0.0188. The van der Waals surface area contributed by atoms with Crippen LogP contribution in [0.5, 0.6) is 0 Å². The lowest BCUT2D eigenvalue weighted by Crippen LogP contribution is -2.53. The number of piperidine rings is 1. The molecule has 1 aromatic carbocycles. The number of piperazine rings is 1. The van der Waals surface area contributed by atoms with Crippen LogP contribution in [0.1, 0.15) is 23.4 Å². The third-order valence-corrected chi connectivity index (χ3v) is 7.17. The zero-order chi connectivity index (χ0) is 21.4. The normalized spacial score (nSPS) is 18.0. The van der Waals surface area contributed by atoms with Gasteiger partial charge in [-0.1, -0.05) is 17.4 Å². The van der Waals surface area contributed by atoms with Crippen molar-refractivity contribution in [3.8, 4) is 0 Å². The van der Waals surface area contributed by atoms with Gasteiger partial charge in [0, 0.05) is 45.2 Å². The number of anilines is 1. The van der Waals surface area contributed by atoms with E-state index in [0.717, 1.165) is 35.8 Å². The van der Waals surface area contributed by atoms with Crippen LogP contribution < -0.4 is 4.90 Å². The molecule has 9 heteroatoms. The highest BCUT2D eigenvalue weighted by molar-refractivity contribution is 7.22. The summed E-state index contributed by atoms with van der Waals surface area (Å²) in [6.45, 7) is 3.58. The molecule has 7 nitrogen and oxygen atoms in total. The van der Waals surface area contributed by atoms with Crippen molar-refractivity contribution in [1.29, 1.82) is 0 Å². The number of carbonyl (C=O) groups is 2. The molecule has 2 fully saturated rings. The number of carbonyl (C=O) groups excluding carboxylic acids is 2. The molecular formula is C22H23FN4O3S. The molecule has 2 aliphatic heterocycles. The number of benzene rings is 1. The summed E-state index contributed by atoms with van der Waals surface area (Å²) in [5.41, 5.74) is 0.419. The first-order valence-corrected chi connectivity index (χ1v) is 11.3. The third-order valence-electron chi connectivity index (χ3n) is 6.08. The van der Waals surface area contributed by atoms with Gasteiger partial charge in [0.1, 0.15) is 11.3 Å². The van der Waals surface area contributed by atoms with Gasteiger partial charge in [0.25, 0.3) is 5.91 Å². The molecule has 0 unspecified atom stereocenters. The minimum atomic E-state index is -0.297. The summed E-state index contributed by atoms with van der Waals surface area (Å²) in [7, 11) is 0. The number of thiazole rings is 1. The maximum atomic E-state index is 13.9. The van der Waals surface area contributed by atoms with Crippen molar-refractivity contribution in [2.45, 2.75) is 12.8 Å². The van der Waals surface area contributed by atoms with E-state index in [1.807, 2.05) is 11.0 Å². The second-order valence-corrected chi connectivity index (χ2v) is 8.95. The summed E-state index contributed by atoms with van der Waals surface area (Å²) in [5.74, 6) is 0.0593. The van der Waals surface area contributed by atoms with Crippen molar-refractivity contribution >= 4 is 38.5 Å². The van der Waals surface area contributed by atoms with E-state index in [1.165, 1.54) is 23.7 Å². The molecule has 3 aromatic rings. The number of furan rings is 1. The van der Waals surface area contributed by atoms with E-state index in [-0.39, 0.29) is 23.5 Å². The van der Waals surface area contributed by atoms with Gasteiger partial charge in [-0.05, 0) is 37.1 Å². The molecule has 0 atom stereocenters. The molecule has 0 radical (unpaired) electrons. The Hall–Kier alpha value is -2.94. The number of fused-ring (bicyclic) bond motifs is 1. The highest BCUT2D eigenvalue weighted by atomic mass is 32.1. The lowest BCUT2D eigenvalue weighted by molar-refractivity contribution is -0.137. The summed E-state index contributed by atoms with van der Waals surface area (Å²) in [5, 5.41) is 0.816. The molecule has 31 heavy (non-hydrogen) atoms. The van der Waals surface area contributed by atoms with Crippen molar-refractivity contribution in [1.82, 2.24) is 14.8 Å². The fourth-order valence-corrected chi connectivity index (χ4v) is 5.33. The first-order valence-electron chi connectivity index (χ1n) is 10.5. The average Bonchev–Trinajstić information content (AvgIpc) is 3.49. The van der Waals surface area contributed by atoms with Crippen LogP contribution in [0.25, 0.3) is 10.2 Å². The molecule has 162 valence electrons. The average molecular weight is 443 g/mol. The molecule has 0 bridgehead atoms. The van der Waals surface area contributed by atoms with Crippen LogP contribution in [0, 0.1) is 11.7 Å². The summed E-state index contributed by atoms with van der Waals surface area (Å²) in [6, 6.07) is 8.37. The van der Waals surface area contributed by atoms with E-state index in [1.54, 1.807) is 23.1 Å². The summed E-state index contributed by atoms with van der Waals surface area (Å²) in [6.07, 6.45) is 3.00. The Morgan fingerprint density at radius 3 is 2.42 bits per heavy atom. The highest BCUT2D eigenvalue weighted by Crippen LogP contribution is 2.33. The molecule has 2 amide bonds. The van der Waals surface area contributed by atoms with Gasteiger partial charge in [0.15, 0.2) is 10.9 Å². The number of hydrogen-bond donors (Lipinski definition) is 0. The number of rotatable bonds is 3. The zero-order valence-electron chi connectivity index (χ0n) is 17.0. The lowest BCUT2D eigenvalue weighted by atomic mass is 9.95. The van der Waals surface area contributed by atoms with E-state index in [2.05, 4.69) is 9.88 Å². The number of halogens is 1. The maximum absolute atomic E-state index is 13.9. The minimum Gasteiger partial charge on any atom is -0.459 e. The topological polar surface area (TPSA) is 69.9 Å². The summed E-state index contributed by atoms with van der Waals surface area (Å²) < 4.78 is 20.0. The van der Waals surface area contributed by atoms with Gasteiger partial charge in [-0.3, -0.25) is 9.59 Å². The van der Waals surface area contributed by atoms with E-state index in [9.17, 15) is 14.0 Å². The van der Waals surface area contributed by atoms with Crippen molar-refractivity contribution in [3.05, 3.63) is 48.2 Å². The molecule has 0 spiro atoms. The first-order chi connectivity index (χ1) is 15.1. The van der Waals surface area contributed by atoms with E-state index in [0.29, 0.717) is 37.5 Å². The molecule has 5 rings (SSSR count). The zero-order valence-corrected chi connectivity index (χ0v) is 17.8. The van der Waals surface area contributed by atoms with E-state index >= 15 is 0 Å². The highest BCUT2D eigenvalue weighted by Gasteiger charge is 2.32. The van der Waals surface area contributed by atoms with Crippen LogP contribution in [0.4, 0.5) is 9.52 Å². The molecule has 2 saturated heterocycles. The second kappa shape index (κ2) is 8.30. The summed E-state index contributed by atoms with van der Waals surface area (Å²) >= 11 is 1.49. The Bertz CT molecular complexity index is 1080.